The SMILES string of the molecule is CCCCCCCCCCCC(=O)O[C@]12C[C@H](C)[C@]3(O)[C@H](C=C(CO)C[C@]4(O)C(=O)C(C)=C[C@H]34)[C@@H]1C2(C)C. The van der Waals surface area contributed by atoms with E-state index in [2.05, 4.69) is 20.8 Å². The highest BCUT2D eigenvalue weighted by atomic mass is 16.6. The fourth-order valence-corrected chi connectivity index (χ4v) is 8.43. The zero-order valence-corrected chi connectivity index (χ0v) is 24.2. The molecule has 0 heterocycles. The predicted molar refractivity (Wildman–Crippen MR) is 147 cm³/mol. The zero-order chi connectivity index (χ0) is 27.9. The van der Waals surface area contributed by atoms with Crippen molar-refractivity contribution in [2.45, 2.75) is 128 Å². The van der Waals surface area contributed by atoms with Crippen molar-refractivity contribution < 1.29 is 29.6 Å². The summed E-state index contributed by atoms with van der Waals surface area (Å²) in [6, 6.07) is 0. The lowest BCUT2D eigenvalue weighted by atomic mass is 9.60. The van der Waals surface area contributed by atoms with Crippen molar-refractivity contribution in [2.75, 3.05) is 6.61 Å². The number of hydrogen-bond acceptors (Lipinski definition) is 6. The number of carbonyl (C=O) groups is 2. The van der Waals surface area contributed by atoms with Crippen molar-refractivity contribution in [3.8, 4) is 0 Å². The second-order valence-corrected chi connectivity index (χ2v) is 13.4. The van der Waals surface area contributed by atoms with E-state index in [0.717, 1.165) is 19.3 Å². The van der Waals surface area contributed by atoms with Gasteiger partial charge in [0.1, 0.15) is 11.2 Å². The van der Waals surface area contributed by atoms with Gasteiger partial charge in [-0.05, 0) is 36.8 Å². The second kappa shape index (κ2) is 10.8. The van der Waals surface area contributed by atoms with E-state index in [1.165, 1.54) is 38.5 Å². The van der Waals surface area contributed by atoms with Gasteiger partial charge in [0.15, 0.2) is 5.78 Å². The summed E-state index contributed by atoms with van der Waals surface area (Å²) in [5, 5.41) is 34.1. The number of ether oxygens (including phenoxy) is 1. The molecular weight excluding hydrogens is 480 g/mol. The van der Waals surface area contributed by atoms with Crippen LogP contribution in [0.1, 0.15) is 112 Å². The predicted octanol–water partition coefficient (Wildman–Crippen LogP) is 5.43. The summed E-state index contributed by atoms with van der Waals surface area (Å²) >= 11 is 0. The molecule has 214 valence electrons. The molecule has 4 aliphatic carbocycles. The third-order valence-corrected chi connectivity index (χ3v) is 10.7. The minimum atomic E-state index is -1.76. The van der Waals surface area contributed by atoms with Crippen LogP contribution in [-0.2, 0) is 14.3 Å². The Morgan fingerprint density at radius 2 is 1.63 bits per heavy atom. The van der Waals surface area contributed by atoms with Gasteiger partial charge in [-0.3, -0.25) is 9.59 Å². The molecule has 6 heteroatoms. The summed E-state index contributed by atoms with van der Waals surface area (Å²) in [6.45, 7) is 9.74. The first kappa shape index (κ1) is 29.5. The third kappa shape index (κ3) is 4.62. The average Bonchev–Trinajstić information content (AvgIpc) is 3.26. The van der Waals surface area contributed by atoms with Crippen molar-refractivity contribution in [3.63, 3.8) is 0 Å². The Morgan fingerprint density at radius 3 is 2.24 bits per heavy atom. The van der Waals surface area contributed by atoms with E-state index >= 15 is 0 Å². The number of Topliss-reactive ketones (excluding diaryl/α,β-unsaturated/α-hetero) is 1. The fraction of sp³-hybridized carbons (Fsp3) is 0.812. The van der Waals surface area contributed by atoms with Gasteiger partial charge in [-0.15, -0.1) is 0 Å². The highest BCUT2D eigenvalue weighted by molar-refractivity contribution is 6.04. The van der Waals surface area contributed by atoms with Crippen LogP contribution in [0.25, 0.3) is 0 Å². The standard InChI is InChI=1S/C32H50O6/c1-6-7-8-9-10-11-12-13-14-15-26(34)38-31-18-22(3)32(37)24(27(31)29(31,4)5)17-23(20-33)19-30(36)25(32)16-21(2)28(30)35/h16-17,22,24-25,27,33,36-37H,6-15,18-20H2,1-5H3/t22-,24+,25-,27+,30+,31+,32-/m0/s1. The Bertz CT molecular complexity index is 980. The summed E-state index contributed by atoms with van der Waals surface area (Å²) in [5.41, 5.74) is -3.20. The highest BCUT2D eigenvalue weighted by Gasteiger charge is 2.83. The van der Waals surface area contributed by atoms with E-state index < -0.39 is 28.6 Å². The Balaban J connectivity index is 1.45. The molecule has 0 spiro atoms. The van der Waals surface area contributed by atoms with E-state index in [4.69, 9.17) is 4.74 Å². The molecule has 0 saturated heterocycles. The second-order valence-electron chi connectivity index (χ2n) is 13.4. The zero-order valence-electron chi connectivity index (χ0n) is 24.2. The highest BCUT2D eigenvalue weighted by Crippen LogP contribution is 2.76. The van der Waals surface area contributed by atoms with Crippen LogP contribution in [0, 0.1) is 29.1 Å². The molecule has 4 aliphatic rings. The lowest BCUT2D eigenvalue weighted by Gasteiger charge is -2.50. The van der Waals surface area contributed by atoms with Crippen LogP contribution in [0.5, 0.6) is 0 Å². The average molecular weight is 531 g/mol. The Kier molecular flexibility index (Phi) is 8.39. The van der Waals surface area contributed by atoms with Crippen LogP contribution in [-0.4, -0.2) is 50.5 Å². The van der Waals surface area contributed by atoms with Crippen LogP contribution in [0.4, 0.5) is 0 Å². The summed E-state index contributed by atoms with van der Waals surface area (Å²) in [5.74, 6) is -2.25. The van der Waals surface area contributed by atoms with Crippen LogP contribution < -0.4 is 0 Å². The van der Waals surface area contributed by atoms with Gasteiger partial charge in [0.05, 0.1) is 12.2 Å². The van der Waals surface area contributed by atoms with Crippen molar-refractivity contribution in [3.05, 3.63) is 23.3 Å². The number of unbranched alkanes of at least 4 members (excludes halogenated alkanes) is 8. The van der Waals surface area contributed by atoms with Crippen molar-refractivity contribution in [1.29, 1.82) is 0 Å². The van der Waals surface area contributed by atoms with Gasteiger partial charge >= 0.3 is 5.97 Å². The minimum Gasteiger partial charge on any atom is -0.458 e. The normalized spacial score (nSPS) is 38.9. The quantitative estimate of drug-likeness (QED) is 0.177. The molecule has 2 saturated carbocycles. The van der Waals surface area contributed by atoms with Crippen molar-refractivity contribution >= 4 is 11.8 Å². The number of aliphatic hydroxyl groups excluding tert-OH is 1. The first-order chi connectivity index (χ1) is 17.9. The van der Waals surface area contributed by atoms with Gasteiger partial charge < -0.3 is 20.1 Å². The molecule has 0 bridgehead atoms. The number of ketones is 1. The molecule has 4 rings (SSSR count). The van der Waals surface area contributed by atoms with Crippen LogP contribution in [0.15, 0.2) is 23.3 Å². The van der Waals surface area contributed by atoms with Gasteiger partial charge in [-0.25, -0.2) is 0 Å². The molecule has 0 aromatic heterocycles. The van der Waals surface area contributed by atoms with E-state index in [9.17, 15) is 24.9 Å². The summed E-state index contributed by atoms with van der Waals surface area (Å²) in [6.07, 6.45) is 15.2. The lowest BCUT2D eigenvalue weighted by Crippen LogP contribution is -2.61. The maximum Gasteiger partial charge on any atom is 0.306 e. The number of fused-ring (bicyclic) bond motifs is 5. The fourth-order valence-electron chi connectivity index (χ4n) is 8.43. The monoisotopic (exact) mass is 530 g/mol. The van der Waals surface area contributed by atoms with Crippen LogP contribution >= 0.6 is 0 Å². The molecular formula is C32H50O6. The molecule has 3 N–H and O–H groups in total. The van der Waals surface area contributed by atoms with E-state index in [-0.39, 0.29) is 42.0 Å². The van der Waals surface area contributed by atoms with Gasteiger partial charge in [0, 0.05) is 36.0 Å². The first-order valence-corrected chi connectivity index (χ1v) is 15.1. The summed E-state index contributed by atoms with van der Waals surface area (Å²) in [7, 11) is 0. The summed E-state index contributed by atoms with van der Waals surface area (Å²) in [4.78, 5) is 26.1. The molecule has 0 amide bonds. The van der Waals surface area contributed by atoms with E-state index in [1.807, 2.05) is 13.0 Å². The van der Waals surface area contributed by atoms with Crippen molar-refractivity contribution in [2.24, 2.45) is 29.1 Å². The van der Waals surface area contributed by atoms with Gasteiger partial charge in [0.25, 0.3) is 0 Å². The molecule has 38 heavy (non-hydrogen) atoms. The van der Waals surface area contributed by atoms with Crippen LogP contribution in [0.2, 0.25) is 0 Å². The number of hydrogen-bond donors (Lipinski definition) is 3. The Hall–Kier alpha value is -1.50. The first-order valence-electron chi connectivity index (χ1n) is 15.1. The molecule has 6 nitrogen and oxygen atoms in total. The lowest BCUT2D eigenvalue weighted by molar-refractivity contribution is -0.187. The van der Waals surface area contributed by atoms with Gasteiger partial charge in [-0.2, -0.15) is 0 Å². The van der Waals surface area contributed by atoms with E-state index in [1.54, 1.807) is 13.0 Å². The number of rotatable bonds is 12. The number of carbonyl (C=O) groups excluding carboxylic acids is 2. The molecule has 0 radical (unpaired) electrons. The topological polar surface area (TPSA) is 104 Å². The maximum absolute atomic E-state index is 13.1. The van der Waals surface area contributed by atoms with Crippen LogP contribution in [0.3, 0.4) is 0 Å². The smallest absolute Gasteiger partial charge is 0.306 e. The molecule has 0 aromatic rings. The third-order valence-electron chi connectivity index (χ3n) is 10.7. The van der Waals surface area contributed by atoms with E-state index in [0.29, 0.717) is 24.0 Å². The van der Waals surface area contributed by atoms with Gasteiger partial charge in [0.2, 0.25) is 0 Å². The van der Waals surface area contributed by atoms with Crippen molar-refractivity contribution in [1.82, 2.24) is 0 Å². The molecule has 2 fully saturated rings. The maximum atomic E-state index is 13.1. The largest absolute Gasteiger partial charge is 0.458 e. The molecule has 0 unspecified atom stereocenters. The summed E-state index contributed by atoms with van der Waals surface area (Å²) < 4.78 is 6.31. The Labute approximate surface area is 228 Å². The molecule has 7 atom stereocenters. The van der Waals surface area contributed by atoms with Gasteiger partial charge in [-0.1, -0.05) is 91.2 Å². The Morgan fingerprint density at radius 1 is 1.03 bits per heavy atom. The number of esters is 1. The molecule has 0 aliphatic heterocycles. The number of aliphatic hydroxyl groups is 3. The molecule has 0 aromatic carbocycles. The minimum absolute atomic E-state index is 0.00487.